The Morgan fingerprint density at radius 2 is 1.76 bits per heavy atom. The molecule has 2 aliphatic rings. The minimum atomic E-state index is -1.58. The largest absolute Gasteiger partial charge is 0.497 e. The standard InChI is InChI=1S/C36H39N3O7/c1-36(34(41)42,21-22-9-12-25(13-10-22)37-35(43)45-3)38-33(40)24-11-15-27-29(19-24)39-17-18-46-30-20-26(44-2)14-16-28(30)32(39)31(27)23-7-5-4-6-8-23/h9-16,19-20,23H,4-8,17-18,21H2,1-3H3,(H,37,43)(H,38,40)(H,41,42)/t36-/m0/s1. The van der Waals surface area contributed by atoms with Gasteiger partial charge in [0, 0.05) is 40.2 Å². The molecule has 3 aromatic carbocycles. The summed E-state index contributed by atoms with van der Waals surface area (Å²) in [7, 11) is 2.92. The van der Waals surface area contributed by atoms with Crippen LogP contribution in [0.4, 0.5) is 10.5 Å². The molecule has 6 rings (SSSR count). The zero-order valence-electron chi connectivity index (χ0n) is 26.4. The fourth-order valence-corrected chi connectivity index (χ4v) is 6.82. The van der Waals surface area contributed by atoms with E-state index in [0.29, 0.717) is 35.9 Å². The van der Waals surface area contributed by atoms with Gasteiger partial charge in [-0.15, -0.1) is 0 Å². The van der Waals surface area contributed by atoms with Crippen molar-refractivity contribution in [1.82, 2.24) is 9.88 Å². The SMILES string of the molecule is COC(=O)Nc1ccc(C[C@](C)(NC(=O)c2ccc3c(C4CCCCC4)c4n(c3c2)CCOc2cc(OC)ccc2-4)C(=O)O)cc1. The van der Waals surface area contributed by atoms with Gasteiger partial charge in [-0.2, -0.15) is 0 Å². The maximum atomic E-state index is 13.7. The number of amides is 2. The average molecular weight is 626 g/mol. The van der Waals surface area contributed by atoms with Crippen LogP contribution < -0.4 is 20.1 Å². The number of carboxylic acids is 1. The van der Waals surface area contributed by atoms with Gasteiger partial charge in [-0.25, -0.2) is 9.59 Å². The normalized spacial score (nSPS) is 15.8. The molecule has 4 aromatic rings. The molecule has 0 spiro atoms. The lowest BCUT2D eigenvalue weighted by atomic mass is 9.81. The molecular formula is C36H39N3O7. The third kappa shape index (κ3) is 5.99. The molecule has 3 N–H and O–H groups in total. The first-order chi connectivity index (χ1) is 22.2. The van der Waals surface area contributed by atoms with Crippen molar-refractivity contribution < 1.29 is 33.7 Å². The fraction of sp³-hybridized carbons (Fsp3) is 0.361. The van der Waals surface area contributed by atoms with Crippen molar-refractivity contribution in [3.05, 3.63) is 77.4 Å². The summed E-state index contributed by atoms with van der Waals surface area (Å²) < 4.78 is 18.6. The van der Waals surface area contributed by atoms with Crippen molar-refractivity contribution in [3.63, 3.8) is 0 Å². The van der Waals surface area contributed by atoms with Gasteiger partial charge in [0.1, 0.15) is 23.6 Å². The van der Waals surface area contributed by atoms with E-state index in [1.165, 1.54) is 38.9 Å². The molecule has 1 atom stereocenters. The van der Waals surface area contributed by atoms with Crippen molar-refractivity contribution in [1.29, 1.82) is 0 Å². The molecule has 2 amide bonds. The van der Waals surface area contributed by atoms with Gasteiger partial charge in [0.25, 0.3) is 5.91 Å². The van der Waals surface area contributed by atoms with Gasteiger partial charge in [-0.1, -0.05) is 37.5 Å². The van der Waals surface area contributed by atoms with Crippen LogP contribution in [0.5, 0.6) is 11.5 Å². The highest BCUT2D eigenvalue weighted by Gasteiger charge is 2.36. The number of carboxylic acid groups (broad SMARTS) is 1. The smallest absolute Gasteiger partial charge is 0.411 e. The summed E-state index contributed by atoms with van der Waals surface area (Å²) in [5.74, 6) is 0.281. The lowest BCUT2D eigenvalue weighted by Gasteiger charge is -2.26. The molecule has 10 nitrogen and oxygen atoms in total. The number of carbonyl (C=O) groups is 3. The van der Waals surface area contributed by atoms with Gasteiger partial charge in [0.05, 0.1) is 26.5 Å². The Morgan fingerprint density at radius 1 is 1.00 bits per heavy atom. The van der Waals surface area contributed by atoms with Crippen LogP contribution >= 0.6 is 0 Å². The van der Waals surface area contributed by atoms with Crippen molar-refractivity contribution in [2.24, 2.45) is 0 Å². The number of aliphatic carboxylic acids is 1. The van der Waals surface area contributed by atoms with Crippen LogP contribution in [-0.2, 0) is 22.5 Å². The van der Waals surface area contributed by atoms with Crippen LogP contribution in [0.15, 0.2) is 60.7 Å². The molecule has 0 saturated heterocycles. The highest BCUT2D eigenvalue weighted by molar-refractivity contribution is 6.03. The van der Waals surface area contributed by atoms with E-state index in [2.05, 4.69) is 26.0 Å². The zero-order valence-corrected chi connectivity index (χ0v) is 26.4. The van der Waals surface area contributed by atoms with Gasteiger partial charge in [-0.3, -0.25) is 10.1 Å². The number of hydrogen-bond donors (Lipinski definition) is 3. The average Bonchev–Trinajstić information content (AvgIpc) is 3.26. The Bertz CT molecular complexity index is 1790. The molecule has 46 heavy (non-hydrogen) atoms. The fourth-order valence-electron chi connectivity index (χ4n) is 6.82. The second-order valence-electron chi connectivity index (χ2n) is 12.3. The Balaban J connectivity index is 1.35. The van der Waals surface area contributed by atoms with Gasteiger partial charge in [0.15, 0.2) is 0 Å². The van der Waals surface area contributed by atoms with Gasteiger partial charge in [-0.05, 0) is 73.2 Å². The number of ether oxygens (including phenoxy) is 3. The topological polar surface area (TPSA) is 128 Å². The molecule has 1 aliphatic carbocycles. The minimum Gasteiger partial charge on any atom is -0.497 e. The second-order valence-corrected chi connectivity index (χ2v) is 12.3. The molecule has 0 unspecified atom stereocenters. The number of nitrogens with zero attached hydrogens (tertiary/aromatic N) is 1. The minimum absolute atomic E-state index is 0.0404. The zero-order chi connectivity index (χ0) is 32.4. The van der Waals surface area contributed by atoms with E-state index in [1.807, 2.05) is 24.3 Å². The first-order valence-electron chi connectivity index (χ1n) is 15.7. The van der Waals surface area contributed by atoms with E-state index < -0.39 is 23.5 Å². The van der Waals surface area contributed by atoms with E-state index in [1.54, 1.807) is 37.4 Å². The highest BCUT2D eigenvalue weighted by atomic mass is 16.5. The Morgan fingerprint density at radius 3 is 2.46 bits per heavy atom. The molecule has 1 fully saturated rings. The number of fused-ring (bicyclic) bond motifs is 5. The van der Waals surface area contributed by atoms with Gasteiger partial charge < -0.3 is 29.2 Å². The van der Waals surface area contributed by atoms with E-state index in [4.69, 9.17) is 9.47 Å². The number of nitrogens with one attached hydrogen (secondary N) is 2. The number of hydrogen-bond acceptors (Lipinski definition) is 6. The van der Waals surface area contributed by atoms with Gasteiger partial charge in [0.2, 0.25) is 0 Å². The van der Waals surface area contributed by atoms with Crippen molar-refractivity contribution >= 4 is 34.6 Å². The highest BCUT2D eigenvalue weighted by Crippen LogP contribution is 2.47. The quantitative estimate of drug-likeness (QED) is 0.198. The first-order valence-corrected chi connectivity index (χ1v) is 15.7. The first kappa shape index (κ1) is 31.0. The van der Waals surface area contributed by atoms with Crippen LogP contribution in [0.2, 0.25) is 0 Å². The van der Waals surface area contributed by atoms with E-state index in [0.717, 1.165) is 46.5 Å². The maximum Gasteiger partial charge on any atom is 0.411 e. The molecule has 1 saturated carbocycles. The van der Waals surface area contributed by atoms with Crippen LogP contribution in [-0.4, -0.2) is 54.0 Å². The van der Waals surface area contributed by atoms with E-state index in [-0.39, 0.29) is 6.42 Å². The number of carbonyl (C=O) groups excluding carboxylic acids is 2. The third-order valence-corrected chi connectivity index (χ3v) is 9.20. The Kier molecular flexibility index (Phi) is 8.62. The van der Waals surface area contributed by atoms with E-state index in [9.17, 15) is 19.5 Å². The predicted octanol–water partition coefficient (Wildman–Crippen LogP) is 6.75. The molecule has 10 heteroatoms. The lowest BCUT2D eigenvalue weighted by molar-refractivity contribution is -0.143. The van der Waals surface area contributed by atoms with Crippen LogP contribution in [0.1, 0.15) is 66.4 Å². The second kappa shape index (κ2) is 12.8. The van der Waals surface area contributed by atoms with Crippen LogP contribution in [0.25, 0.3) is 22.2 Å². The molecular weight excluding hydrogens is 586 g/mol. The molecule has 1 aromatic heterocycles. The predicted molar refractivity (Wildman–Crippen MR) is 175 cm³/mol. The van der Waals surface area contributed by atoms with Crippen molar-refractivity contribution in [3.8, 4) is 22.8 Å². The Hall–Kier alpha value is -4.99. The molecule has 0 radical (unpaired) electrons. The number of rotatable bonds is 8. The molecule has 0 bridgehead atoms. The summed E-state index contributed by atoms with van der Waals surface area (Å²) in [5, 5.41) is 16.7. The third-order valence-electron chi connectivity index (χ3n) is 9.20. The summed E-state index contributed by atoms with van der Waals surface area (Å²) in [4.78, 5) is 37.8. The summed E-state index contributed by atoms with van der Waals surface area (Å²) in [5.41, 5.74) is 4.34. The molecule has 1 aliphatic heterocycles. The summed E-state index contributed by atoms with van der Waals surface area (Å²) in [6.45, 7) is 2.57. The van der Waals surface area contributed by atoms with Crippen molar-refractivity contribution in [2.45, 2.75) is 63.5 Å². The summed E-state index contributed by atoms with van der Waals surface area (Å²) in [6.07, 6.45) is 5.26. The molecule has 2 heterocycles. The van der Waals surface area contributed by atoms with Crippen molar-refractivity contribution in [2.75, 3.05) is 26.1 Å². The number of aromatic nitrogens is 1. The number of benzene rings is 3. The van der Waals surface area contributed by atoms with Gasteiger partial charge >= 0.3 is 12.1 Å². The lowest BCUT2D eigenvalue weighted by Crippen LogP contribution is -2.53. The molecule has 240 valence electrons. The van der Waals surface area contributed by atoms with Crippen LogP contribution in [0.3, 0.4) is 0 Å². The monoisotopic (exact) mass is 625 g/mol. The number of anilines is 1. The number of methoxy groups -OCH3 is 2. The van der Waals surface area contributed by atoms with E-state index >= 15 is 0 Å². The maximum absolute atomic E-state index is 13.7. The summed E-state index contributed by atoms with van der Waals surface area (Å²) in [6, 6.07) is 18.4. The Labute approximate surface area is 267 Å². The summed E-state index contributed by atoms with van der Waals surface area (Å²) >= 11 is 0. The van der Waals surface area contributed by atoms with Crippen LogP contribution in [0, 0.1) is 0 Å².